The zero-order valence-corrected chi connectivity index (χ0v) is 12.0. The minimum absolute atomic E-state index is 0.125. The van der Waals surface area contributed by atoms with Crippen LogP contribution < -0.4 is 5.32 Å². The first-order valence-electron chi connectivity index (χ1n) is 5.40. The molecular formula is C13H9BrClFN2O. The quantitative estimate of drug-likeness (QED) is 0.920. The molecule has 0 aliphatic rings. The molecule has 2 rings (SSSR count). The Labute approximate surface area is 122 Å². The lowest BCUT2D eigenvalue weighted by Gasteiger charge is -2.08. The van der Waals surface area contributed by atoms with Crippen molar-refractivity contribution in [1.29, 1.82) is 0 Å². The second kappa shape index (κ2) is 6.12. The number of nitrogens with zero attached hydrogens (tertiary/aromatic N) is 1. The van der Waals surface area contributed by atoms with E-state index in [1.165, 1.54) is 12.1 Å². The molecule has 0 aliphatic heterocycles. The first kappa shape index (κ1) is 14.0. The van der Waals surface area contributed by atoms with Gasteiger partial charge in [0.25, 0.3) is 0 Å². The number of hydrogen-bond donors (Lipinski definition) is 1. The normalized spacial score (nSPS) is 10.3. The number of benzene rings is 1. The monoisotopic (exact) mass is 342 g/mol. The third-order valence-corrected chi connectivity index (χ3v) is 3.43. The molecule has 2 aromatic rings. The van der Waals surface area contributed by atoms with Gasteiger partial charge in [0.2, 0.25) is 5.91 Å². The Kier molecular flexibility index (Phi) is 4.50. The average molecular weight is 344 g/mol. The van der Waals surface area contributed by atoms with E-state index in [-0.39, 0.29) is 22.9 Å². The lowest BCUT2D eigenvalue weighted by Crippen LogP contribution is -2.15. The highest BCUT2D eigenvalue weighted by Crippen LogP contribution is 2.22. The molecule has 0 atom stereocenters. The van der Waals surface area contributed by atoms with Gasteiger partial charge in [0.05, 0.1) is 16.6 Å². The summed E-state index contributed by atoms with van der Waals surface area (Å²) in [5.74, 6) is -0.838. The SMILES string of the molecule is O=C(Cc1c(F)cccc1Cl)Nc1ccncc1Br. The predicted molar refractivity (Wildman–Crippen MR) is 75.7 cm³/mol. The summed E-state index contributed by atoms with van der Waals surface area (Å²) in [7, 11) is 0. The fourth-order valence-electron chi connectivity index (χ4n) is 1.53. The fourth-order valence-corrected chi connectivity index (χ4v) is 2.11. The molecule has 19 heavy (non-hydrogen) atoms. The van der Waals surface area contributed by atoms with Gasteiger partial charge in [-0.3, -0.25) is 9.78 Å². The highest BCUT2D eigenvalue weighted by atomic mass is 79.9. The molecule has 1 aromatic carbocycles. The van der Waals surface area contributed by atoms with Crippen LogP contribution in [0, 0.1) is 5.82 Å². The van der Waals surface area contributed by atoms with Gasteiger partial charge >= 0.3 is 0 Å². The lowest BCUT2D eigenvalue weighted by atomic mass is 10.1. The Morgan fingerprint density at radius 2 is 2.21 bits per heavy atom. The second-order valence-electron chi connectivity index (χ2n) is 3.78. The molecule has 0 aliphatic carbocycles. The van der Waals surface area contributed by atoms with Crippen LogP contribution >= 0.6 is 27.5 Å². The zero-order valence-electron chi connectivity index (χ0n) is 9.66. The summed E-state index contributed by atoms with van der Waals surface area (Å²) in [6, 6.07) is 5.97. The van der Waals surface area contributed by atoms with E-state index in [1.807, 2.05) is 0 Å². The van der Waals surface area contributed by atoms with E-state index in [4.69, 9.17) is 11.6 Å². The van der Waals surface area contributed by atoms with E-state index in [2.05, 4.69) is 26.2 Å². The maximum Gasteiger partial charge on any atom is 0.228 e. The average Bonchev–Trinajstić information content (AvgIpc) is 2.37. The maximum atomic E-state index is 13.5. The summed E-state index contributed by atoms with van der Waals surface area (Å²) >= 11 is 9.13. The molecular weight excluding hydrogens is 335 g/mol. The number of anilines is 1. The van der Waals surface area contributed by atoms with Crippen LogP contribution in [0.3, 0.4) is 0 Å². The van der Waals surface area contributed by atoms with Gasteiger partial charge in [0.15, 0.2) is 0 Å². The molecule has 1 N–H and O–H groups in total. The van der Waals surface area contributed by atoms with E-state index < -0.39 is 5.82 Å². The summed E-state index contributed by atoms with van der Waals surface area (Å²) < 4.78 is 14.2. The van der Waals surface area contributed by atoms with E-state index >= 15 is 0 Å². The van der Waals surface area contributed by atoms with Crippen molar-refractivity contribution >= 4 is 39.1 Å². The highest BCUT2D eigenvalue weighted by molar-refractivity contribution is 9.10. The number of hydrogen-bond acceptors (Lipinski definition) is 2. The number of aromatic nitrogens is 1. The van der Waals surface area contributed by atoms with Crippen LogP contribution in [0.15, 0.2) is 41.1 Å². The summed E-state index contributed by atoms with van der Waals surface area (Å²) in [6.45, 7) is 0. The Hall–Kier alpha value is -1.46. The van der Waals surface area contributed by atoms with Crippen molar-refractivity contribution in [3.05, 3.63) is 57.5 Å². The number of carbonyl (C=O) groups is 1. The Morgan fingerprint density at radius 1 is 1.42 bits per heavy atom. The third kappa shape index (κ3) is 3.52. The topological polar surface area (TPSA) is 42.0 Å². The summed E-state index contributed by atoms with van der Waals surface area (Å²) in [5.41, 5.74) is 0.763. The molecule has 0 bridgehead atoms. The van der Waals surface area contributed by atoms with Crippen LogP contribution in [0.25, 0.3) is 0 Å². The molecule has 0 saturated carbocycles. The van der Waals surface area contributed by atoms with E-state index in [1.54, 1.807) is 24.5 Å². The molecule has 98 valence electrons. The van der Waals surface area contributed by atoms with Crippen molar-refractivity contribution in [1.82, 2.24) is 4.98 Å². The van der Waals surface area contributed by atoms with Gasteiger partial charge in [-0.25, -0.2) is 4.39 Å². The smallest absolute Gasteiger partial charge is 0.228 e. The molecule has 0 saturated heterocycles. The minimum Gasteiger partial charge on any atom is -0.325 e. The largest absolute Gasteiger partial charge is 0.325 e. The third-order valence-electron chi connectivity index (χ3n) is 2.45. The minimum atomic E-state index is -0.489. The van der Waals surface area contributed by atoms with Crippen molar-refractivity contribution in [2.45, 2.75) is 6.42 Å². The van der Waals surface area contributed by atoms with E-state index in [0.29, 0.717) is 10.2 Å². The van der Waals surface area contributed by atoms with E-state index in [9.17, 15) is 9.18 Å². The number of pyridine rings is 1. The van der Waals surface area contributed by atoms with Crippen molar-refractivity contribution in [2.24, 2.45) is 0 Å². The van der Waals surface area contributed by atoms with Gasteiger partial charge in [0.1, 0.15) is 5.82 Å². The number of amides is 1. The van der Waals surface area contributed by atoms with Crippen molar-refractivity contribution in [3.8, 4) is 0 Å². The number of rotatable bonds is 3. The lowest BCUT2D eigenvalue weighted by molar-refractivity contribution is -0.115. The van der Waals surface area contributed by atoms with Gasteiger partial charge in [-0.2, -0.15) is 0 Å². The summed E-state index contributed by atoms with van der Waals surface area (Å²) in [6.07, 6.45) is 2.99. The molecule has 0 unspecified atom stereocenters. The number of carbonyl (C=O) groups excluding carboxylic acids is 1. The predicted octanol–water partition coefficient (Wildman–Crippen LogP) is 3.82. The van der Waals surface area contributed by atoms with Gasteiger partial charge in [-0.1, -0.05) is 17.7 Å². The molecule has 6 heteroatoms. The van der Waals surface area contributed by atoms with Gasteiger partial charge in [-0.15, -0.1) is 0 Å². The molecule has 0 radical (unpaired) electrons. The van der Waals surface area contributed by atoms with Crippen LogP contribution in [0.2, 0.25) is 5.02 Å². The number of halogens is 3. The fraction of sp³-hybridized carbons (Fsp3) is 0.0769. The van der Waals surface area contributed by atoms with Gasteiger partial charge < -0.3 is 5.32 Å². The Balaban J connectivity index is 2.12. The van der Waals surface area contributed by atoms with Crippen LogP contribution in [0.1, 0.15) is 5.56 Å². The molecule has 0 fully saturated rings. The van der Waals surface area contributed by atoms with E-state index in [0.717, 1.165) is 0 Å². The zero-order chi connectivity index (χ0) is 13.8. The van der Waals surface area contributed by atoms with Crippen molar-refractivity contribution in [3.63, 3.8) is 0 Å². The van der Waals surface area contributed by atoms with Crippen molar-refractivity contribution < 1.29 is 9.18 Å². The first-order valence-corrected chi connectivity index (χ1v) is 6.57. The highest BCUT2D eigenvalue weighted by Gasteiger charge is 2.12. The molecule has 1 heterocycles. The van der Waals surface area contributed by atoms with Crippen LogP contribution in [-0.2, 0) is 11.2 Å². The van der Waals surface area contributed by atoms with Gasteiger partial charge in [0, 0.05) is 23.0 Å². The van der Waals surface area contributed by atoms with Crippen LogP contribution in [0.5, 0.6) is 0 Å². The summed E-state index contributed by atoms with van der Waals surface area (Å²) in [4.78, 5) is 15.7. The Morgan fingerprint density at radius 3 is 2.89 bits per heavy atom. The summed E-state index contributed by atoms with van der Waals surface area (Å²) in [5, 5.41) is 2.90. The first-order chi connectivity index (χ1) is 9.08. The second-order valence-corrected chi connectivity index (χ2v) is 5.04. The number of nitrogens with one attached hydrogen (secondary N) is 1. The maximum absolute atomic E-state index is 13.5. The van der Waals surface area contributed by atoms with Gasteiger partial charge in [-0.05, 0) is 34.1 Å². The Bertz CT molecular complexity index is 601. The molecule has 3 nitrogen and oxygen atoms in total. The molecule has 1 amide bonds. The molecule has 1 aromatic heterocycles. The van der Waals surface area contributed by atoms with Crippen LogP contribution in [0.4, 0.5) is 10.1 Å². The van der Waals surface area contributed by atoms with Crippen LogP contribution in [-0.4, -0.2) is 10.9 Å². The molecule has 0 spiro atoms. The van der Waals surface area contributed by atoms with Crippen molar-refractivity contribution in [2.75, 3.05) is 5.32 Å². The standard InChI is InChI=1S/C13H9BrClFN2O/c14-9-7-17-5-4-12(9)18-13(19)6-8-10(15)2-1-3-11(8)16/h1-5,7H,6H2,(H,17,18,19).